The van der Waals surface area contributed by atoms with Crippen LogP contribution in [0.4, 0.5) is 10.1 Å². The van der Waals surface area contributed by atoms with Gasteiger partial charge < -0.3 is 5.32 Å². The van der Waals surface area contributed by atoms with E-state index in [2.05, 4.69) is 27.3 Å². The van der Waals surface area contributed by atoms with Gasteiger partial charge in [-0.1, -0.05) is 19.1 Å². The van der Waals surface area contributed by atoms with Crippen LogP contribution in [-0.4, -0.2) is 11.2 Å². The highest BCUT2D eigenvalue weighted by Gasteiger charge is 2.13. The summed E-state index contributed by atoms with van der Waals surface area (Å²) in [5.74, 6) is -0.861. The Bertz CT molecular complexity index is 760. The topological polar surface area (TPSA) is 52.9 Å². The van der Waals surface area contributed by atoms with Crippen LogP contribution in [-0.2, 0) is 0 Å². The summed E-state index contributed by atoms with van der Waals surface area (Å²) in [5.41, 5.74) is 0.895. The minimum atomic E-state index is -0.483. The molecule has 0 spiro atoms. The zero-order chi connectivity index (χ0) is 16.8. The smallest absolute Gasteiger partial charge is 0.255 e. The fourth-order valence-corrected chi connectivity index (χ4v) is 3.13. The minimum Gasteiger partial charge on any atom is -0.321 e. The Morgan fingerprint density at radius 2 is 2.13 bits per heavy atom. The maximum Gasteiger partial charge on any atom is 0.255 e. The third kappa shape index (κ3) is 4.81. The number of thioether (sulfide) groups is 1. The molecule has 0 aliphatic heterocycles. The first-order valence-electron chi connectivity index (χ1n) is 6.90. The van der Waals surface area contributed by atoms with E-state index in [1.165, 1.54) is 23.9 Å². The number of hydrogen-bond donors (Lipinski definition) is 1. The average molecular weight is 393 g/mol. The molecule has 1 amide bonds. The first-order valence-corrected chi connectivity index (χ1v) is 8.57. The van der Waals surface area contributed by atoms with E-state index in [0.717, 1.165) is 4.90 Å². The Labute approximate surface area is 147 Å². The molecular formula is C17H14BrFN2OS. The van der Waals surface area contributed by atoms with Gasteiger partial charge in [-0.2, -0.15) is 5.26 Å². The van der Waals surface area contributed by atoms with E-state index in [0.29, 0.717) is 16.6 Å². The van der Waals surface area contributed by atoms with E-state index in [9.17, 15) is 9.18 Å². The Kier molecular flexibility index (Phi) is 6.20. The van der Waals surface area contributed by atoms with Crippen LogP contribution in [0, 0.1) is 17.1 Å². The quantitative estimate of drug-likeness (QED) is 0.708. The molecule has 2 aromatic rings. The number of rotatable bonds is 5. The summed E-state index contributed by atoms with van der Waals surface area (Å²) < 4.78 is 13.9. The lowest BCUT2D eigenvalue weighted by molar-refractivity contribution is 0.102. The maximum absolute atomic E-state index is 13.6. The van der Waals surface area contributed by atoms with Gasteiger partial charge in [0.15, 0.2) is 0 Å². The lowest BCUT2D eigenvalue weighted by Gasteiger charge is -2.13. The van der Waals surface area contributed by atoms with E-state index in [1.54, 1.807) is 12.1 Å². The third-order valence-electron chi connectivity index (χ3n) is 3.02. The SMILES string of the molecule is CC(CC#N)Sc1ccccc1NC(=O)c1ccc(Br)c(F)c1. The van der Waals surface area contributed by atoms with Crippen molar-refractivity contribution in [2.45, 2.75) is 23.5 Å². The predicted octanol–water partition coefficient (Wildman–Crippen LogP) is 5.23. The van der Waals surface area contributed by atoms with Gasteiger partial charge in [-0.3, -0.25) is 4.79 Å². The number of carbonyl (C=O) groups is 1. The van der Waals surface area contributed by atoms with Crippen molar-refractivity contribution in [2.24, 2.45) is 0 Å². The standard InChI is InChI=1S/C17H14BrFN2OS/c1-11(8-9-20)23-16-5-3-2-4-15(16)21-17(22)12-6-7-13(18)14(19)10-12/h2-7,10-11H,8H2,1H3,(H,21,22). The van der Waals surface area contributed by atoms with Gasteiger partial charge in [-0.15, -0.1) is 11.8 Å². The van der Waals surface area contributed by atoms with Crippen LogP contribution < -0.4 is 5.32 Å². The van der Waals surface area contributed by atoms with Crippen LogP contribution in [0.15, 0.2) is 51.8 Å². The fourth-order valence-electron chi connectivity index (χ4n) is 1.89. The second-order valence-corrected chi connectivity index (χ2v) is 7.20. The van der Waals surface area contributed by atoms with E-state index < -0.39 is 5.82 Å². The predicted molar refractivity (Wildman–Crippen MR) is 94.0 cm³/mol. The third-order valence-corrected chi connectivity index (χ3v) is 4.85. The molecule has 0 fully saturated rings. The van der Waals surface area contributed by atoms with Gasteiger partial charge in [0.1, 0.15) is 5.82 Å². The van der Waals surface area contributed by atoms with Crippen LogP contribution in [0.3, 0.4) is 0 Å². The van der Waals surface area contributed by atoms with E-state index in [1.807, 2.05) is 25.1 Å². The molecule has 2 aromatic carbocycles. The largest absolute Gasteiger partial charge is 0.321 e. The molecule has 1 atom stereocenters. The van der Waals surface area contributed by atoms with Gasteiger partial charge in [0.2, 0.25) is 0 Å². The number of nitriles is 1. The molecular weight excluding hydrogens is 379 g/mol. The number of halogens is 2. The van der Waals surface area contributed by atoms with Crippen LogP contribution in [0.2, 0.25) is 0 Å². The number of carbonyl (C=O) groups excluding carboxylic acids is 1. The fraction of sp³-hybridized carbons (Fsp3) is 0.176. The van der Waals surface area contributed by atoms with Crippen molar-refractivity contribution in [3.8, 4) is 6.07 Å². The highest BCUT2D eigenvalue weighted by molar-refractivity contribution is 9.10. The van der Waals surface area contributed by atoms with Gasteiger partial charge in [0.05, 0.1) is 16.2 Å². The van der Waals surface area contributed by atoms with Crippen molar-refractivity contribution < 1.29 is 9.18 Å². The van der Waals surface area contributed by atoms with Crippen molar-refractivity contribution in [2.75, 3.05) is 5.32 Å². The summed E-state index contributed by atoms with van der Waals surface area (Å²) in [5, 5.41) is 11.7. The van der Waals surface area contributed by atoms with Crippen LogP contribution in [0.25, 0.3) is 0 Å². The number of benzene rings is 2. The molecule has 0 aliphatic rings. The van der Waals surface area contributed by atoms with E-state index in [-0.39, 0.29) is 16.7 Å². The molecule has 6 heteroatoms. The molecule has 23 heavy (non-hydrogen) atoms. The molecule has 0 saturated carbocycles. The Hall–Kier alpha value is -1.84. The number of nitrogens with zero attached hydrogens (tertiary/aromatic N) is 1. The lowest BCUT2D eigenvalue weighted by atomic mass is 10.2. The summed E-state index contributed by atoms with van der Waals surface area (Å²) in [6.45, 7) is 1.95. The number of hydrogen-bond acceptors (Lipinski definition) is 3. The molecule has 0 heterocycles. The summed E-state index contributed by atoms with van der Waals surface area (Å²) in [6, 6.07) is 13.7. The molecule has 0 bridgehead atoms. The molecule has 0 aliphatic carbocycles. The van der Waals surface area contributed by atoms with Crippen molar-refractivity contribution >= 4 is 39.3 Å². The second-order valence-electron chi connectivity index (χ2n) is 4.87. The minimum absolute atomic E-state index is 0.114. The van der Waals surface area contributed by atoms with Gasteiger partial charge in [-0.25, -0.2) is 4.39 Å². The van der Waals surface area contributed by atoms with Gasteiger partial charge in [0.25, 0.3) is 5.91 Å². The maximum atomic E-state index is 13.6. The van der Waals surface area contributed by atoms with Crippen molar-refractivity contribution in [1.29, 1.82) is 5.26 Å². The highest BCUT2D eigenvalue weighted by atomic mass is 79.9. The summed E-state index contributed by atoms with van der Waals surface area (Å²) in [6.07, 6.45) is 0.421. The second kappa shape index (κ2) is 8.14. The molecule has 1 unspecified atom stereocenters. The lowest BCUT2D eigenvalue weighted by Crippen LogP contribution is -2.13. The van der Waals surface area contributed by atoms with Gasteiger partial charge in [0, 0.05) is 22.1 Å². The number of anilines is 1. The van der Waals surface area contributed by atoms with Gasteiger partial charge >= 0.3 is 0 Å². The monoisotopic (exact) mass is 392 g/mol. The molecule has 3 nitrogen and oxygen atoms in total. The first kappa shape index (κ1) is 17.5. The average Bonchev–Trinajstić information content (AvgIpc) is 2.52. The first-order chi connectivity index (χ1) is 11.0. The zero-order valence-electron chi connectivity index (χ0n) is 12.3. The van der Waals surface area contributed by atoms with Crippen molar-refractivity contribution in [3.05, 3.63) is 58.3 Å². The number of nitrogens with one attached hydrogen (secondary N) is 1. The number of amides is 1. The molecule has 118 valence electrons. The van der Waals surface area contributed by atoms with Crippen molar-refractivity contribution in [1.82, 2.24) is 0 Å². The van der Waals surface area contributed by atoms with Gasteiger partial charge in [-0.05, 0) is 46.3 Å². The summed E-state index contributed by atoms with van der Waals surface area (Å²) in [7, 11) is 0. The summed E-state index contributed by atoms with van der Waals surface area (Å²) in [4.78, 5) is 13.2. The number of para-hydroxylation sites is 1. The Balaban J connectivity index is 2.17. The summed E-state index contributed by atoms with van der Waals surface area (Å²) >= 11 is 4.58. The van der Waals surface area contributed by atoms with Crippen LogP contribution >= 0.6 is 27.7 Å². The van der Waals surface area contributed by atoms with E-state index in [4.69, 9.17) is 5.26 Å². The normalized spacial score (nSPS) is 11.6. The van der Waals surface area contributed by atoms with E-state index >= 15 is 0 Å². The van der Waals surface area contributed by atoms with Crippen LogP contribution in [0.1, 0.15) is 23.7 Å². The Morgan fingerprint density at radius 1 is 1.39 bits per heavy atom. The highest BCUT2D eigenvalue weighted by Crippen LogP contribution is 2.31. The molecule has 0 saturated heterocycles. The molecule has 2 rings (SSSR count). The Morgan fingerprint density at radius 3 is 2.83 bits per heavy atom. The molecule has 0 radical (unpaired) electrons. The van der Waals surface area contributed by atoms with Crippen molar-refractivity contribution in [3.63, 3.8) is 0 Å². The molecule has 1 N–H and O–H groups in total. The van der Waals surface area contributed by atoms with Crippen LogP contribution in [0.5, 0.6) is 0 Å². The zero-order valence-corrected chi connectivity index (χ0v) is 14.7. The molecule has 0 aromatic heterocycles.